The van der Waals surface area contributed by atoms with Crippen molar-refractivity contribution in [3.05, 3.63) is 103 Å². The Hall–Kier alpha value is -1.45. The first-order valence-electron chi connectivity index (χ1n) is 7.89. The maximum absolute atomic E-state index is 5.63. The number of hydrogen-bond donors (Lipinski definition) is 0. The quantitative estimate of drug-likeness (QED) is 0.285. The molecule has 0 bridgehead atoms. The summed E-state index contributed by atoms with van der Waals surface area (Å²) in [5.41, 5.74) is 3.43. The topological polar surface area (TPSA) is 15.6 Å². The SMILES string of the molecule is [CH3-].[Cl][Ru]([Cl])=[CH]c1cccs1.c1ccc(C2=NN(c3ccccc3)[CH+]C2)cc1. The van der Waals surface area contributed by atoms with E-state index in [1.54, 1.807) is 11.3 Å². The number of benzene rings is 2. The Bertz CT molecular complexity index is 862. The van der Waals surface area contributed by atoms with Crippen molar-refractivity contribution < 1.29 is 13.5 Å². The molecule has 142 valence electrons. The zero-order valence-electron chi connectivity index (χ0n) is 14.8. The van der Waals surface area contributed by atoms with Crippen molar-refractivity contribution in [2.24, 2.45) is 5.10 Å². The van der Waals surface area contributed by atoms with E-state index in [1.807, 2.05) is 63.5 Å². The van der Waals surface area contributed by atoms with Gasteiger partial charge in [-0.2, -0.15) is 0 Å². The van der Waals surface area contributed by atoms with Gasteiger partial charge in [0.15, 0.2) is 6.42 Å². The first-order chi connectivity index (χ1) is 12.7. The zero-order chi connectivity index (χ0) is 18.2. The summed E-state index contributed by atoms with van der Waals surface area (Å²) in [5, 5.41) is 8.58. The molecule has 0 spiro atoms. The van der Waals surface area contributed by atoms with E-state index in [0.717, 1.165) is 17.8 Å². The molecule has 1 aliphatic heterocycles. The molecule has 0 amide bonds. The Labute approximate surface area is 178 Å². The molecule has 1 aromatic heterocycles. The van der Waals surface area contributed by atoms with E-state index in [0.29, 0.717) is 0 Å². The van der Waals surface area contributed by atoms with Crippen LogP contribution in [0.2, 0.25) is 0 Å². The number of hydrazone groups is 1. The van der Waals surface area contributed by atoms with Crippen molar-refractivity contribution in [3.8, 4) is 0 Å². The number of hydrogen-bond acceptors (Lipinski definition) is 3. The molecule has 0 fully saturated rings. The van der Waals surface area contributed by atoms with E-state index < -0.39 is 13.5 Å². The van der Waals surface area contributed by atoms with Gasteiger partial charge in [-0.25, -0.2) is 0 Å². The van der Waals surface area contributed by atoms with Gasteiger partial charge in [0.05, 0.1) is 0 Å². The summed E-state index contributed by atoms with van der Waals surface area (Å²) >= 11 is 0.0926. The van der Waals surface area contributed by atoms with E-state index >= 15 is 0 Å². The number of thiophene rings is 1. The molecule has 0 N–H and O–H groups in total. The molecule has 2 nitrogen and oxygen atoms in total. The van der Waals surface area contributed by atoms with Crippen LogP contribution in [0.1, 0.15) is 16.9 Å². The van der Waals surface area contributed by atoms with E-state index in [1.165, 1.54) is 10.4 Å². The molecule has 0 saturated carbocycles. The first kappa shape index (κ1) is 21.8. The van der Waals surface area contributed by atoms with Gasteiger partial charge >= 0.3 is 71.2 Å². The molecule has 2 aromatic carbocycles. The summed E-state index contributed by atoms with van der Waals surface area (Å²) in [6.07, 6.45) is 0.888. The van der Waals surface area contributed by atoms with Crippen molar-refractivity contribution in [2.45, 2.75) is 6.42 Å². The number of anilines is 1. The number of para-hydroxylation sites is 1. The molecule has 27 heavy (non-hydrogen) atoms. The normalized spacial score (nSPS) is 12.7. The molecular formula is C21H20Cl2N2RuS. The number of nitrogens with zero attached hydrogens (tertiary/aromatic N) is 2. The molecule has 0 saturated heterocycles. The first-order valence-corrected chi connectivity index (χ1v) is 14.3. The van der Waals surface area contributed by atoms with Gasteiger partial charge < -0.3 is 7.43 Å². The van der Waals surface area contributed by atoms with E-state index in [9.17, 15) is 0 Å². The Morgan fingerprint density at radius 2 is 1.63 bits per heavy atom. The van der Waals surface area contributed by atoms with E-state index in [-0.39, 0.29) is 7.43 Å². The molecule has 0 atom stereocenters. The van der Waals surface area contributed by atoms with Crippen molar-refractivity contribution in [2.75, 3.05) is 5.01 Å². The van der Waals surface area contributed by atoms with Crippen LogP contribution in [0.15, 0.2) is 83.3 Å². The van der Waals surface area contributed by atoms with Gasteiger partial charge in [0.2, 0.25) is 6.54 Å². The third kappa shape index (κ3) is 6.90. The molecule has 2 heterocycles. The van der Waals surface area contributed by atoms with E-state index in [2.05, 4.69) is 35.9 Å². The van der Waals surface area contributed by atoms with Crippen LogP contribution in [0.5, 0.6) is 0 Å². The fourth-order valence-electron chi connectivity index (χ4n) is 2.36. The van der Waals surface area contributed by atoms with Gasteiger partial charge in [-0.3, -0.25) is 0 Å². The maximum atomic E-state index is 5.63. The van der Waals surface area contributed by atoms with Crippen LogP contribution < -0.4 is 5.01 Å². The summed E-state index contributed by atoms with van der Waals surface area (Å²) < 4.78 is 1.94. The van der Waals surface area contributed by atoms with Crippen molar-refractivity contribution in [1.29, 1.82) is 0 Å². The second kappa shape index (κ2) is 11.4. The summed E-state index contributed by atoms with van der Waals surface area (Å²) in [5.74, 6) is 0. The predicted molar refractivity (Wildman–Crippen MR) is 118 cm³/mol. The van der Waals surface area contributed by atoms with Gasteiger partial charge in [-0.05, 0) is 12.1 Å². The monoisotopic (exact) mass is 504 g/mol. The van der Waals surface area contributed by atoms with Gasteiger partial charge in [-0.1, -0.05) is 48.5 Å². The fourth-order valence-corrected chi connectivity index (χ4v) is 5.79. The Morgan fingerprint density at radius 1 is 0.963 bits per heavy atom. The average Bonchev–Trinajstić information content (AvgIpc) is 3.35. The summed E-state index contributed by atoms with van der Waals surface area (Å²) in [7, 11) is 11.3. The summed E-state index contributed by atoms with van der Waals surface area (Å²) in [6, 6.07) is 24.5. The summed E-state index contributed by atoms with van der Waals surface area (Å²) in [6.45, 7) is 2.11. The third-order valence-electron chi connectivity index (χ3n) is 3.53. The Balaban J connectivity index is 0.000000224. The molecule has 0 aliphatic carbocycles. The van der Waals surface area contributed by atoms with Crippen LogP contribution in [0, 0.1) is 14.0 Å². The average molecular weight is 504 g/mol. The van der Waals surface area contributed by atoms with Crippen LogP contribution in [0.3, 0.4) is 0 Å². The van der Waals surface area contributed by atoms with Crippen LogP contribution in [-0.2, 0) is 13.5 Å². The Kier molecular flexibility index (Phi) is 9.23. The van der Waals surface area contributed by atoms with Gasteiger partial charge in [0.25, 0.3) is 0 Å². The minimum Gasteiger partial charge on any atom is -0.131 e. The Morgan fingerprint density at radius 3 is 2.22 bits per heavy atom. The predicted octanol–water partition coefficient (Wildman–Crippen LogP) is 6.74. The number of halogens is 2. The van der Waals surface area contributed by atoms with Crippen molar-refractivity contribution >= 4 is 46.7 Å². The molecule has 1 aliphatic rings. The molecule has 3 aromatic rings. The number of rotatable bonds is 3. The largest absolute Gasteiger partial charge is 0.215 e. The molecule has 0 radical (unpaired) electrons. The van der Waals surface area contributed by atoms with Crippen LogP contribution in [0.4, 0.5) is 5.69 Å². The minimum atomic E-state index is -1.57. The third-order valence-corrected chi connectivity index (χ3v) is 6.52. The molecule has 4 rings (SSSR count). The molecule has 6 heteroatoms. The van der Waals surface area contributed by atoms with Crippen LogP contribution in [0.25, 0.3) is 0 Å². The minimum absolute atomic E-state index is 0. The van der Waals surface area contributed by atoms with Gasteiger partial charge in [-0.15, -0.1) is 10.1 Å². The van der Waals surface area contributed by atoms with Crippen LogP contribution >= 0.6 is 30.7 Å². The standard InChI is InChI=1S/C15H13N2.C5H4S.CH3.2ClH.Ru/c1-3-7-13(8-4-1)15-11-12-17(16-15)14-9-5-2-6-10-14;1-5-3-2-4-6-5;;;;/h1-10,12H,11H2;1-4H;1H3;2*1H;/q+1;;-1;;;+2/p-2. The van der Waals surface area contributed by atoms with Crippen molar-refractivity contribution in [3.63, 3.8) is 0 Å². The van der Waals surface area contributed by atoms with Crippen LogP contribution in [-0.4, -0.2) is 10.3 Å². The fraction of sp³-hybridized carbons (Fsp3) is 0.0476. The smallest absolute Gasteiger partial charge is 0.131 e. The van der Waals surface area contributed by atoms with Gasteiger partial charge in [0, 0.05) is 5.56 Å². The second-order valence-corrected chi connectivity index (χ2v) is 12.0. The second-order valence-electron chi connectivity index (χ2n) is 5.30. The van der Waals surface area contributed by atoms with Crippen molar-refractivity contribution in [1.82, 2.24) is 0 Å². The van der Waals surface area contributed by atoms with E-state index in [4.69, 9.17) is 19.4 Å². The molecule has 0 unspecified atom stereocenters. The molecular weight excluding hydrogens is 484 g/mol. The zero-order valence-corrected chi connectivity index (χ0v) is 18.8. The van der Waals surface area contributed by atoms with Gasteiger partial charge in [0.1, 0.15) is 11.4 Å². The summed E-state index contributed by atoms with van der Waals surface area (Å²) in [4.78, 5) is 1.18. The maximum Gasteiger partial charge on any atom is 0.215 e.